The summed E-state index contributed by atoms with van der Waals surface area (Å²) < 4.78 is 4.98. The quantitative estimate of drug-likeness (QED) is 0.568. The lowest BCUT2D eigenvalue weighted by Gasteiger charge is -2.19. The highest BCUT2D eigenvalue weighted by Gasteiger charge is 2.26. The van der Waals surface area contributed by atoms with Crippen LogP contribution in [0.15, 0.2) is 24.3 Å². The van der Waals surface area contributed by atoms with Gasteiger partial charge in [0.2, 0.25) is 0 Å². The van der Waals surface area contributed by atoms with Gasteiger partial charge in [-0.15, -0.1) is 0 Å². The Bertz CT molecular complexity index is 732. The number of rotatable bonds is 8. The third-order valence-corrected chi connectivity index (χ3v) is 4.17. The zero-order chi connectivity index (χ0) is 20.7. The lowest BCUT2D eigenvalue weighted by molar-refractivity contribution is -0.150. The van der Waals surface area contributed by atoms with Crippen LogP contribution in [0.2, 0.25) is 5.02 Å². The first-order chi connectivity index (χ1) is 13.2. The molecule has 0 aromatic heterocycles. The van der Waals surface area contributed by atoms with Crippen molar-refractivity contribution in [3.63, 3.8) is 0 Å². The Morgan fingerprint density at radius 1 is 1.14 bits per heavy atom. The Labute approximate surface area is 168 Å². The largest absolute Gasteiger partial charge is 0.454 e. The first-order valence-electron chi connectivity index (χ1n) is 9.08. The fourth-order valence-corrected chi connectivity index (χ4v) is 2.50. The predicted octanol–water partition coefficient (Wildman–Crippen LogP) is 2.02. The van der Waals surface area contributed by atoms with Gasteiger partial charge in [-0.1, -0.05) is 25.4 Å². The van der Waals surface area contributed by atoms with Gasteiger partial charge in [0.25, 0.3) is 11.8 Å². The van der Waals surface area contributed by atoms with Crippen molar-refractivity contribution in [2.24, 2.45) is 5.92 Å². The number of ether oxygens (including phenoxy) is 1. The molecule has 1 aliphatic carbocycles. The summed E-state index contributed by atoms with van der Waals surface area (Å²) in [6.45, 7) is 3.18. The Kier molecular flexibility index (Phi) is 7.80. The molecule has 0 aliphatic heterocycles. The van der Waals surface area contributed by atoms with E-state index in [1.54, 1.807) is 24.3 Å². The number of nitrogens with one attached hydrogen (secondary N) is 3. The van der Waals surface area contributed by atoms with E-state index in [9.17, 15) is 19.2 Å². The maximum Gasteiger partial charge on any atom is 0.329 e. The summed E-state index contributed by atoms with van der Waals surface area (Å²) in [6, 6.07) is 4.80. The number of urea groups is 1. The van der Waals surface area contributed by atoms with Gasteiger partial charge in [-0.2, -0.15) is 0 Å². The van der Waals surface area contributed by atoms with Gasteiger partial charge in [-0.3, -0.25) is 14.9 Å². The molecule has 1 aromatic carbocycles. The molecule has 28 heavy (non-hydrogen) atoms. The van der Waals surface area contributed by atoms with Crippen molar-refractivity contribution in [3.8, 4) is 0 Å². The summed E-state index contributed by atoms with van der Waals surface area (Å²) in [4.78, 5) is 47.9. The molecule has 0 heterocycles. The van der Waals surface area contributed by atoms with Crippen molar-refractivity contribution in [1.29, 1.82) is 0 Å². The Morgan fingerprint density at radius 3 is 2.36 bits per heavy atom. The standard InChI is InChI=1S/C19H24ClN3O5/c1-11(2)9-15(22-17(25)12-3-5-13(20)6-4-12)18(26)28-10-16(24)23-19(27)21-14-7-8-14/h3-6,11,14-15H,7-10H2,1-2H3,(H,22,25)(H2,21,23,24,27)/t15-/m1/s1. The van der Waals surface area contributed by atoms with Crippen LogP contribution in [0.3, 0.4) is 0 Å². The van der Waals surface area contributed by atoms with Gasteiger partial charge >= 0.3 is 12.0 Å². The molecule has 4 amide bonds. The SMILES string of the molecule is CC(C)C[C@@H](NC(=O)c1ccc(Cl)cc1)C(=O)OCC(=O)NC(=O)NC1CC1. The smallest absolute Gasteiger partial charge is 0.329 e. The second-order valence-electron chi connectivity index (χ2n) is 7.07. The van der Waals surface area contributed by atoms with E-state index in [2.05, 4.69) is 16.0 Å². The number of carbonyl (C=O) groups is 4. The number of hydrogen-bond acceptors (Lipinski definition) is 5. The van der Waals surface area contributed by atoms with E-state index in [-0.39, 0.29) is 12.0 Å². The zero-order valence-electron chi connectivity index (χ0n) is 15.8. The van der Waals surface area contributed by atoms with Crippen LogP contribution in [0.5, 0.6) is 0 Å². The van der Waals surface area contributed by atoms with Crippen molar-refractivity contribution < 1.29 is 23.9 Å². The van der Waals surface area contributed by atoms with E-state index >= 15 is 0 Å². The number of carbonyl (C=O) groups excluding carboxylic acids is 4. The van der Waals surface area contributed by atoms with E-state index in [4.69, 9.17) is 16.3 Å². The first-order valence-corrected chi connectivity index (χ1v) is 9.45. The summed E-state index contributed by atoms with van der Waals surface area (Å²) in [5.41, 5.74) is 0.348. The number of amides is 4. The molecule has 0 spiro atoms. The molecule has 9 heteroatoms. The van der Waals surface area contributed by atoms with Crippen molar-refractivity contribution in [3.05, 3.63) is 34.9 Å². The molecule has 3 N–H and O–H groups in total. The molecular weight excluding hydrogens is 386 g/mol. The summed E-state index contributed by atoms with van der Waals surface area (Å²) in [5.74, 6) is -1.83. The topological polar surface area (TPSA) is 114 Å². The summed E-state index contributed by atoms with van der Waals surface area (Å²) in [5, 5.41) is 7.79. The molecule has 0 radical (unpaired) electrons. The molecule has 0 bridgehead atoms. The van der Waals surface area contributed by atoms with Crippen LogP contribution < -0.4 is 16.0 Å². The van der Waals surface area contributed by atoms with Crippen LogP contribution in [0.25, 0.3) is 0 Å². The fraction of sp³-hybridized carbons (Fsp3) is 0.474. The van der Waals surface area contributed by atoms with Crippen molar-refractivity contribution in [2.45, 2.75) is 45.2 Å². The molecule has 0 unspecified atom stereocenters. The van der Waals surface area contributed by atoms with Crippen LogP contribution in [-0.4, -0.2) is 42.5 Å². The van der Waals surface area contributed by atoms with Gasteiger partial charge in [-0.05, 0) is 49.4 Å². The van der Waals surface area contributed by atoms with Crippen molar-refractivity contribution >= 4 is 35.4 Å². The highest BCUT2D eigenvalue weighted by atomic mass is 35.5. The van der Waals surface area contributed by atoms with E-state index in [0.29, 0.717) is 17.0 Å². The minimum absolute atomic E-state index is 0.0983. The van der Waals surface area contributed by atoms with Crippen LogP contribution >= 0.6 is 11.6 Å². The van der Waals surface area contributed by atoms with E-state index in [1.807, 2.05) is 13.8 Å². The van der Waals surface area contributed by atoms with Crippen LogP contribution in [0.4, 0.5) is 4.79 Å². The van der Waals surface area contributed by atoms with Gasteiger partial charge in [-0.25, -0.2) is 9.59 Å². The monoisotopic (exact) mass is 409 g/mol. The van der Waals surface area contributed by atoms with Gasteiger partial charge in [0, 0.05) is 16.6 Å². The van der Waals surface area contributed by atoms with Gasteiger partial charge in [0.15, 0.2) is 6.61 Å². The lowest BCUT2D eigenvalue weighted by atomic mass is 10.0. The normalized spacial score (nSPS) is 14.1. The third-order valence-electron chi connectivity index (χ3n) is 3.91. The summed E-state index contributed by atoms with van der Waals surface area (Å²) in [6.07, 6.45) is 2.11. The predicted molar refractivity (Wildman–Crippen MR) is 103 cm³/mol. The van der Waals surface area contributed by atoms with Gasteiger partial charge in [0.05, 0.1) is 0 Å². The molecule has 2 rings (SSSR count). The highest BCUT2D eigenvalue weighted by molar-refractivity contribution is 6.30. The summed E-state index contributed by atoms with van der Waals surface area (Å²) in [7, 11) is 0. The fourth-order valence-electron chi connectivity index (χ4n) is 2.38. The second kappa shape index (κ2) is 10.1. The molecule has 1 saturated carbocycles. The van der Waals surface area contributed by atoms with Crippen molar-refractivity contribution in [2.75, 3.05) is 6.61 Å². The zero-order valence-corrected chi connectivity index (χ0v) is 16.5. The van der Waals surface area contributed by atoms with Crippen molar-refractivity contribution in [1.82, 2.24) is 16.0 Å². The maximum absolute atomic E-state index is 12.4. The van der Waals surface area contributed by atoms with Gasteiger partial charge in [0.1, 0.15) is 6.04 Å². The second-order valence-corrected chi connectivity index (χ2v) is 7.50. The van der Waals surface area contributed by atoms with Crippen LogP contribution in [0.1, 0.15) is 43.5 Å². The molecule has 1 aliphatic rings. The minimum Gasteiger partial charge on any atom is -0.454 e. The average molecular weight is 410 g/mol. The van der Waals surface area contributed by atoms with E-state index < -0.39 is 36.5 Å². The molecule has 0 saturated heterocycles. The van der Waals surface area contributed by atoms with E-state index in [0.717, 1.165) is 12.8 Å². The number of esters is 1. The molecule has 1 aromatic rings. The molecular formula is C19H24ClN3O5. The van der Waals surface area contributed by atoms with E-state index in [1.165, 1.54) is 0 Å². The number of imide groups is 1. The minimum atomic E-state index is -0.920. The maximum atomic E-state index is 12.4. The Balaban J connectivity index is 1.86. The Morgan fingerprint density at radius 2 is 1.79 bits per heavy atom. The first kappa shape index (κ1) is 21.7. The number of halogens is 1. The molecule has 1 fully saturated rings. The summed E-state index contributed by atoms with van der Waals surface area (Å²) >= 11 is 5.81. The highest BCUT2D eigenvalue weighted by Crippen LogP contribution is 2.18. The van der Waals surface area contributed by atoms with Crippen LogP contribution in [-0.2, 0) is 14.3 Å². The Hall–Kier alpha value is -2.61. The molecule has 1 atom stereocenters. The number of benzene rings is 1. The molecule has 152 valence electrons. The third kappa shape index (κ3) is 7.56. The van der Waals surface area contributed by atoms with Crippen LogP contribution in [0, 0.1) is 5.92 Å². The number of hydrogen-bond donors (Lipinski definition) is 3. The lowest BCUT2D eigenvalue weighted by Crippen LogP contribution is -2.45. The molecule has 8 nitrogen and oxygen atoms in total. The average Bonchev–Trinajstić information content (AvgIpc) is 3.43. The van der Waals surface area contributed by atoms with Gasteiger partial charge < -0.3 is 15.4 Å².